The van der Waals surface area contributed by atoms with E-state index in [1.165, 1.54) is 7.11 Å². The fourth-order valence-electron chi connectivity index (χ4n) is 1.07. The highest BCUT2D eigenvalue weighted by atomic mass is 16.5. The monoisotopic (exact) mass is 220 g/mol. The van der Waals surface area contributed by atoms with Crippen molar-refractivity contribution in [2.24, 2.45) is 0 Å². The van der Waals surface area contributed by atoms with E-state index >= 15 is 0 Å². The summed E-state index contributed by atoms with van der Waals surface area (Å²) >= 11 is 0. The molecule has 16 heavy (non-hydrogen) atoms. The molecule has 0 amide bonds. The standard InChI is InChI=1S/C12H12O4/c1-3-11(13)16-8-9-4-6-10(7-5-9)12(14)15-2/h3-7H,1,8H2,2H3. The van der Waals surface area contributed by atoms with Crippen molar-refractivity contribution in [2.75, 3.05) is 7.11 Å². The number of carbonyl (C=O) groups excluding carboxylic acids is 2. The molecule has 0 aliphatic heterocycles. The van der Waals surface area contributed by atoms with Crippen LogP contribution in [-0.4, -0.2) is 19.0 Å². The third-order valence-electron chi connectivity index (χ3n) is 1.92. The number of esters is 2. The van der Waals surface area contributed by atoms with E-state index in [-0.39, 0.29) is 6.61 Å². The first-order valence-electron chi connectivity index (χ1n) is 4.64. The number of hydrogen-bond acceptors (Lipinski definition) is 4. The van der Waals surface area contributed by atoms with Crippen LogP contribution in [0.25, 0.3) is 0 Å². The Labute approximate surface area is 93.5 Å². The topological polar surface area (TPSA) is 52.6 Å². The largest absolute Gasteiger partial charge is 0.465 e. The molecule has 1 aromatic carbocycles. The Hall–Kier alpha value is -2.10. The second kappa shape index (κ2) is 5.70. The van der Waals surface area contributed by atoms with Crippen LogP contribution in [0.5, 0.6) is 0 Å². The van der Waals surface area contributed by atoms with E-state index in [4.69, 9.17) is 4.74 Å². The molecule has 0 heterocycles. The van der Waals surface area contributed by atoms with Crippen LogP contribution >= 0.6 is 0 Å². The molecule has 0 N–H and O–H groups in total. The normalized spacial score (nSPS) is 9.31. The van der Waals surface area contributed by atoms with Gasteiger partial charge >= 0.3 is 11.9 Å². The summed E-state index contributed by atoms with van der Waals surface area (Å²) in [6.07, 6.45) is 1.10. The summed E-state index contributed by atoms with van der Waals surface area (Å²) in [5.41, 5.74) is 1.25. The fraction of sp³-hybridized carbons (Fsp3) is 0.167. The molecule has 4 nitrogen and oxygen atoms in total. The van der Waals surface area contributed by atoms with Crippen LogP contribution < -0.4 is 0 Å². The van der Waals surface area contributed by atoms with Crippen molar-refractivity contribution in [2.45, 2.75) is 6.61 Å². The molecule has 0 bridgehead atoms. The average Bonchev–Trinajstić information content (AvgIpc) is 2.35. The van der Waals surface area contributed by atoms with Crippen molar-refractivity contribution in [1.29, 1.82) is 0 Å². The Morgan fingerprint density at radius 2 is 1.94 bits per heavy atom. The third kappa shape index (κ3) is 3.24. The van der Waals surface area contributed by atoms with Gasteiger partial charge in [-0.1, -0.05) is 18.7 Å². The van der Waals surface area contributed by atoms with Gasteiger partial charge in [0.25, 0.3) is 0 Å². The smallest absolute Gasteiger partial charge is 0.337 e. The third-order valence-corrected chi connectivity index (χ3v) is 1.92. The zero-order chi connectivity index (χ0) is 12.0. The van der Waals surface area contributed by atoms with Crippen molar-refractivity contribution in [1.82, 2.24) is 0 Å². The molecule has 0 aromatic heterocycles. The fourth-order valence-corrected chi connectivity index (χ4v) is 1.07. The lowest BCUT2D eigenvalue weighted by Gasteiger charge is -2.03. The summed E-state index contributed by atoms with van der Waals surface area (Å²) in [5, 5.41) is 0. The van der Waals surface area contributed by atoms with Gasteiger partial charge in [-0.2, -0.15) is 0 Å². The van der Waals surface area contributed by atoms with E-state index in [1.807, 2.05) is 0 Å². The summed E-state index contributed by atoms with van der Waals surface area (Å²) in [6, 6.07) is 6.62. The molecule has 0 atom stereocenters. The maximum Gasteiger partial charge on any atom is 0.337 e. The van der Waals surface area contributed by atoms with Gasteiger partial charge in [-0.05, 0) is 17.7 Å². The molecule has 1 rings (SSSR count). The maximum absolute atomic E-state index is 11.1. The van der Waals surface area contributed by atoms with Gasteiger partial charge in [0, 0.05) is 6.08 Å². The maximum atomic E-state index is 11.1. The molecule has 0 radical (unpaired) electrons. The van der Waals surface area contributed by atoms with Crippen LogP contribution in [-0.2, 0) is 20.9 Å². The van der Waals surface area contributed by atoms with Crippen molar-refractivity contribution < 1.29 is 19.1 Å². The minimum absolute atomic E-state index is 0.159. The molecule has 0 saturated heterocycles. The Kier molecular flexibility index (Phi) is 4.27. The number of benzene rings is 1. The average molecular weight is 220 g/mol. The van der Waals surface area contributed by atoms with Gasteiger partial charge in [0.15, 0.2) is 0 Å². The predicted octanol–water partition coefficient (Wildman–Crippen LogP) is 1.70. The molecular weight excluding hydrogens is 208 g/mol. The highest BCUT2D eigenvalue weighted by Crippen LogP contribution is 2.07. The van der Waals surface area contributed by atoms with Gasteiger partial charge in [0.2, 0.25) is 0 Å². The van der Waals surface area contributed by atoms with E-state index in [1.54, 1.807) is 24.3 Å². The summed E-state index contributed by atoms with van der Waals surface area (Å²) in [6.45, 7) is 3.44. The molecule has 1 aromatic rings. The zero-order valence-corrected chi connectivity index (χ0v) is 8.93. The minimum Gasteiger partial charge on any atom is -0.465 e. The van der Waals surface area contributed by atoms with E-state index in [2.05, 4.69) is 11.3 Å². The van der Waals surface area contributed by atoms with E-state index in [9.17, 15) is 9.59 Å². The van der Waals surface area contributed by atoms with Gasteiger partial charge in [-0.25, -0.2) is 9.59 Å². The van der Waals surface area contributed by atoms with Crippen LogP contribution in [0.4, 0.5) is 0 Å². The van der Waals surface area contributed by atoms with Crippen LogP contribution in [0, 0.1) is 0 Å². The van der Waals surface area contributed by atoms with Crippen molar-refractivity contribution in [3.8, 4) is 0 Å². The lowest BCUT2D eigenvalue weighted by molar-refractivity contribution is -0.138. The molecule has 0 aliphatic rings. The Morgan fingerprint density at radius 3 is 2.44 bits per heavy atom. The molecule has 4 heteroatoms. The second-order valence-electron chi connectivity index (χ2n) is 3.00. The highest BCUT2D eigenvalue weighted by molar-refractivity contribution is 5.89. The molecular formula is C12H12O4. The van der Waals surface area contributed by atoms with Crippen molar-refractivity contribution in [3.05, 3.63) is 48.0 Å². The number of methoxy groups -OCH3 is 1. The summed E-state index contributed by atoms with van der Waals surface area (Å²) in [4.78, 5) is 21.9. The molecule has 0 spiro atoms. The van der Waals surface area contributed by atoms with E-state index < -0.39 is 11.9 Å². The Balaban J connectivity index is 2.61. The van der Waals surface area contributed by atoms with Gasteiger partial charge in [-0.3, -0.25) is 0 Å². The van der Waals surface area contributed by atoms with Crippen LogP contribution in [0.1, 0.15) is 15.9 Å². The molecule has 0 saturated carbocycles. The highest BCUT2D eigenvalue weighted by Gasteiger charge is 2.04. The Bertz CT molecular complexity index is 392. The first-order valence-corrected chi connectivity index (χ1v) is 4.64. The SMILES string of the molecule is C=CC(=O)OCc1ccc(C(=O)OC)cc1. The molecule has 0 aliphatic carbocycles. The van der Waals surface area contributed by atoms with Gasteiger partial charge in [-0.15, -0.1) is 0 Å². The lowest BCUT2D eigenvalue weighted by atomic mass is 10.1. The number of hydrogen-bond donors (Lipinski definition) is 0. The number of rotatable bonds is 4. The first kappa shape index (κ1) is 12.0. The Morgan fingerprint density at radius 1 is 1.31 bits per heavy atom. The van der Waals surface area contributed by atoms with Gasteiger partial charge < -0.3 is 9.47 Å². The zero-order valence-electron chi connectivity index (χ0n) is 8.93. The minimum atomic E-state index is -0.475. The molecule has 0 unspecified atom stereocenters. The number of carbonyl (C=O) groups is 2. The van der Waals surface area contributed by atoms with Gasteiger partial charge in [0.1, 0.15) is 6.61 Å². The molecule has 84 valence electrons. The van der Waals surface area contributed by atoms with E-state index in [0.29, 0.717) is 5.56 Å². The quantitative estimate of drug-likeness (QED) is 0.572. The number of ether oxygens (including phenoxy) is 2. The van der Waals surface area contributed by atoms with Crippen molar-refractivity contribution in [3.63, 3.8) is 0 Å². The summed E-state index contributed by atoms with van der Waals surface area (Å²) in [5.74, 6) is -0.869. The predicted molar refractivity (Wildman–Crippen MR) is 57.8 cm³/mol. The summed E-state index contributed by atoms with van der Waals surface area (Å²) < 4.78 is 9.38. The van der Waals surface area contributed by atoms with Crippen LogP contribution in [0.15, 0.2) is 36.9 Å². The van der Waals surface area contributed by atoms with Crippen molar-refractivity contribution >= 4 is 11.9 Å². The molecule has 0 fully saturated rings. The van der Waals surface area contributed by atoms with Crippen LogP contribution in [0.2, 0.25) is 0 Å². The van der Waals surface area contributed by atoms with Crippen LogP contribution in [0.3, 0.4) is 0 Å². The van der Waals surface area contributed by atoms with Gasteiger partial charge in [0.05, 0.1) is 12.7 Å². The summed E-state index contributed by atoms with van der Waals surface area (Å²) in [7, 11) is 1.32. The first-order chi connectivity index (χ1) is 7.67. The lowest BCUT2D eigenvalue weighted by Crippen LogP contribution is -2.03. The second-order valence-corrected chi connectivity index (χ2v) is 3.00. The van der Waals surface area contributed by atoms with E-state index in [0.717, 1.165) is 11.6 Å².